The van der Waals surface area contributed by atoms with Crippen LogP contribution in [0.2, 0.25) is 0 Å². The van der Waals surface area contributed by atoms with Gasteiger partial charge in [0.25, 0.3) is 0 Å². The summed E-state index contributed by atoms with van der Waals surface area (Å²) in [5.41, 5.74) is 0.902. The molecule has 3 rings (SSSR count). The van der Waals surface area contributed by atoms with Crippen molar-refractivity contribution >= 4 is 0 Å². The summed E-state index contributed by atoms with van der Waals surface area (Å²) in [7, 11) is 0. The molecular formula is C17H32N2. The van der Waals surface area contributed by atoms with Gasteiger partial charge in [-0.1, -0.05) is 26.2 Å². The summed E-state index contributed by atoms with van der Waals surface area (Å²) in [4.78, 5) is 2.91. The fourth-order valence-electron chi connectivity index (χ4n) is 4.73. The average molecular weight is 264 g/mol. The van der Waals surface area contributed by atoms with Crippen molar-refractivity contribution in [3.05, 3.63) is 0 Å². The molecule has 0 amide bonds. The molecule has 0 radical (unpaired) electrons. The first-order chi connectivity index (χ1) is 9.10. The molecule has 0 bridgehead atoms. The summed E-state index contributed by atoms with van der Waals surface area (Å²) in [5.74, 6) is 0.957. The molecule has 2 nitrogen and oxygen atoms in total. The lowest BCUT2D eigenvalue weighted by Gasteiger charge is -2.55. The molecule has 3 aliphatic rings. The SMILES string of the molecule is CCCC(C)N1CC2(CCCC2)NCC1(C)C1CC1. The molecule has 2 saturated carbocycles. The molecule has 1 saturated heterocycles. The molecule has 1 aliphatic heterocycles. The highest BCUT2D eigenvalue weighted by molar-refractivity contribution is 5.11. The van der Waals surface area contributed by atoms with Crippen LogP contribution in [0.4, 0.5) is 0 Å². The van der Waals surface area contributed by atoms with Crippen LogP contribution in [-0.2, 0) is 0 Å². The first-order valence-corrected chi connectivity index (χ1v) is 8.61. The zero-order valence-corrected chi connectivity index (χ0v) is 13.2. The zero-order valence-electron chi connectivity index (χ0n) is 13.2. The molecule has 19 heavy (non-hydrogen) atoms. The molecule has 0 aromatic heterocycles. The van der Waals surface area contributed by atoms with Crippen LogP contribution < -0.4 is 5.32 Å². The van der Waals surface area contributed by atoms with Crippen LogP contribution in [0.5, 0.6) is 0 Å². The summed E-state index contributed by atoms with van der Waals surface area (Å²) in [6, 6.07) is 0.759. The summed E-state index contributed by atoms with van der Waals surface area (Å²) in [6.45, 7) is 9.87. The second-order valence-corrected chi connectivity index (χ2v) is 7.74. The molecular weight excluding hydrogens is 232 g/mol. The minimum Gasteiger partial charge on any atom is -0.308 e. The number of piperazine rings is 1. The Bertz CT molecular complexity index is 317. The molecule has 0 aromatic rings. The molecule has 2 aliphatic carbocycles. The monoisotopic (exact) mass is 264 g/mol. The Kier molecular flexibility index (Phi) is 3.68. The lowest BCUT2D eigenvalue weighted by molar-refractivity contribution is -0.0266. The van der Waals surface area contributed by atoms with Crippen molar-refractivity contribution in [1.29, 1.82) is 0 Å². The van der Waals surface area contributed by atoms with Crippen molar-refractivity contribution in [2.24, 2.45) is 5.92 Å². The van der Waals surface area contributed by atoms with E-state index in [4.69, 9.17) is 0 Å². The summed E-state index contributed by atoms with van der Waals surface area (Å²) in [6.07, 6.45) is 11.3. The predicted octanol–water partition coefficient (Wildman–Crippen LogP) is 3.56. The Balaban J connectivity index is 1.78. The van der Waals surface area contributed by atoms with E-state index in [1.807, 2.05) is 0 Å². The summed E-state index contributed by atoms with van der Waals surface area (Å²) < 4.78 is 0. The third-order valence-electron chi connectivity index (χ3n) is 6.21. The smallest absolute Gasteiger partial charge is 0.0337 e. The maximum atomic E-state index is 3.99. The number of rotatable bonds is 4. The highest BCUT2D eigenvalue weighted by atomic mass is 15.3. The molecule has 3 fully saturated rings. The van der Waals surface area contributed by atoms with Crippen molar-refractivity contribution in [3.8, 4) is 0 Å². The highest BCUT2D eigenvalue weighted by Crippen LogP contribution is 2.47. The van der Waals surface area contributed by atoms with Crippen molar-refractivity contribution in [2.45, 2.75) is 89.3 Å². The van der Waals surface area contributed by atoms with E-state index in [9.17, 15) is 0 Å². The van der Waals surface area contributed by atoms with Gasteiger partial charge in [0.05, 0.1) is 0 Å². The van der Waals surface area contributed by atoms with Gasteiger partial charge < -0.3 is 5.32 Å². The second kappa shape index (κ2) is 5.04. The van der Waals surface area contributed by atoms with Crippen molar-refractivity contribution < 1.29 is 0 Å². The molecule has 2 heteroatoms. The van der Waals surface area contributed by atoms with Crippen LogP contribution in [0.15, 0.2) is 0 Å². The molecule has 2 atom stereocenters. The van der Waals surface area contributed by atoms with E-state index in [-0.39, 0.29) is 0 Å². The van der Waals surface area contributed by atoms with E-state index in [0.717, 1.165) is 12.0 Å². The average Bonchev–Trinajstić information content (AvgIpc) is 3.16. The standard InChI is InChI=1S/C17H32N2/c1-4-7-14(2)19-13-17(10-5-6-11-17)18-12-16(19,3)15-8-9-15/h14-15,18H,4-13H2,1-3H3. The quantitative estimate of drug-likeness (QED) is 0.835. The molecule has 1 heterocycles. The summed E-state index contributed by atoms with van der Waals surface area (Å²) >= 11 is 0. The van der Waals surface area contributed by atoms with Gasteiger partial charge >= 0.3 is 0 Å². The van der Waals surface area contributed by atoms with Crippen molar-refractivity contribution in [1.82, 2.24) is 10.2 Å². The van der Waals surface area contributed by atoms with E-state index < -0.39 is 0 Å². The van der Waals surface area contributed by atoms with E-state index in [0.29, 0.717) is 11.1 Å². The summed E-state index contributed by atoms with van der Waals surface area (Å²) in [5, 5.41) is 3.99. The lowest BCUT2D eigenvalue weighted by atomic mass is 9.82. The van der Waals surface area contributed by atoms with E-state index in [1.54, 1.807) is 0 Å². The van der Waals surface area contributed by atoms with Gasteiger partial charge in [0.1, 0.15) is 0 Å². The van der Waals surface area contributed by atoms with Crippen molar-refractivity contribution in [3.63, 3.8) is 0 Å². The Morgan fingerprint density at radius 3 is 2.53 bits per heavy atom. The Morgan fingerprint density at radius 2 is 1.95 bits per heavy atom. The van der Waals surface area contributed by atoms with Gasteiger partial charge in [0.15, 0.2) is 0 Å². The van der Waals surface area contributed by atoms with Gasteiger partial charge in [-0.05, 0) is 51.9 Å². The van der Waals surface area contributed by atoms with Gasteiger partial charge in [-0.15, -0.1) is 0 Å². The fraction of sp³-hybridized carbons (Fsp3) is 1.00. The van der Waals surface area contributed by atoms with E-state index >= 15 is 0 Å². The van der Waals surface area contributed by atoms with Gasteiger partial charge in [-0.2, -0.15) is 0 Å². The second-order valence-electron chi connectivity index (χ2n) is 7.74. The number of hydrogen-bond donors (Lipinski definition) is 1. The van der Waals surface area contributed by atoms with Crippen molar-refractivity contribution in [2.75, 3.05) is 13.1 Å². The fourth-order valence-corrected chi connectivity index (χ4v) is 4.73. The maximum absolute atomic E-state index is 3.99. The Labute approximate surface area is 119 Å². The van der Waals surface area contributed by atoms with Gasteiger partial charge in [0, 0.05) is 30.2 Å². The highest BCUT2D eigenvalue weighted by Gasteiger charge is 2.53. The Hall–Kier alpha value is -0.0800. The van der Waals surface area contributed by atoms with Crippen LogP contribution >= 0.6 is 0 Å². The first kappa shape index (κ1) is 13.9. The number of hydrogen-bond acceptors (Lipinski definition) is 2. The van der Waals surface area contributed by atoms with Gasteiger partial charge in [0.2, 0.25) is 0 Å². The third-order valence-corrected chi connectivity index (χ3v) is 6.21. The molecule has 110 valence electrons. The lowest BCUT2D eigenvalue weighted by Crippen LogP contribution is -2.70. The van der Waals surface area contributed by atoms with Crippen LogP contribution in [-0.4, -0.2) is 35.1 Å². The maximum Gasteiger partial charge on any atom is 0.0337 e. The van der Waals surface area contributed by atoms with Crippen LogP contribution in [0.1, 0.15) is 72.1 Å². The molecule has 1 spiro atoms. The largest absolute Gasteiger partial charge is 0.308 e. The predicted molar refractivity (Wildman–Crippen MR) is 81.4 cm³/mol. The molecule has 2 unspecified atom stereocenters. The minimum absolute atomic E-state index is 0.433. The molecule has 1 N–H and O–H groups in total. The van der Waals surface area contributed by atoms with E-state index in [1.165, 1.54) is 64.5 Å². The van der Waals surface area contributed by atoms with E-state index in [2.05, 4.69) is 31.0 Å². The first-order valence-electron chi connectivity index (χ1n) is 8.61. The normalized spacial score (nSPS) is 36.8. The topological polar surface area (TPSA) is 15.3 Å². The number of nitrogens with one attached hydrogen (secondary N) is 1. The molecule has 0 aromatic carbocycles. The van der Waals surface area contributed by atoms with Crippen LogP contribution in [0.3, 0.4) is 0 Å². The Morgan fingerprint density at radius 1 is 1.26 bits per heavy atom. The van der Waals surface area contributed by atoms with Gasteiger partial charge in [-0.25, -0.2) is 0 Å². The zero-order chi connectivity index (χ0) is 13.5. The minimum atomic E-state index is 0.433. The number of nitrogens with zero attached hydrogens (tertiary/aromatic N) is 1. The van der Waals surface area contributed by atoms with Crippen LogP contribution in [0.25, 0.3) is 0 Å². The third kappa shape index (κ3) is 2.47. The van der Waals surface area contributed by atoms with Gasteiger partial charge in [-0.3, -0.25) is 4.90 Å². The van der Waals surface area contributed by atoms with Crippen LogP contribution in [0, 0.1) is 5.92 Å².